The first-order valence-electron chi connectivity index (χ1n) is 8.80. The number of carbonyl (C=O) groups is 1. The van der Waals surface area contributed by atoms with Crippen molar-refractivity contribution in [2.45, 2.75) is 45.0 Å². The van der Waals surface area contributed by atoms with Gasteiger partial charge >= 0.3 is 5.97 Å². The van der Waals surface area contributed by atoms with Crippen LogP contribution in [0.25, 0.3) is 10.2 Å². The number of thioether (sulfide) groups is 1. The van der Waals surface area contributed by atoms with Crippen molar-refractivity contribution in [3.8, 4) is 0 Å². The number of aromatic nitrogens is 2. The quantitative estimate of drug-likeness (QED) is 0.348. The Bertz CT molecular complexity index is 1020. The zero-order chi connectivity index (χ0) is 19.6. The lowest BCUT2D eigenvalue weighted by molar-refractivity contribution is 0.0378. The minimum absolute atomic E-state index is 0.0244. The summed E-state index contributed by atoms with van der Waals surface area (Å²) in [5.74, 6) is -0.341. The molecule has 0 aliphatic carbocycles. The second-order valence-corrected chi connectivity index (χ2v) is 8.31. The highest BCUT2D eigenvalue weighted by Gasteiger charge is 2.14. The normalized spacial score (nSPS) is 11.3. The molecule has 0 fully saturated rings. The third-order valence-corrected chi connectivity index (χ3v) is 5.92. The molecule has 5 nitrogen and oxygen atoms in total. The molecule has 0 amide bonds. The summed E-state index contributed by atoms with van der Waals surface area (Å²) < 4.78 is 6.90. The lowest BCUT2D eigenvalue weighted by atomic mass is 10.1. The van der Waals surface area contributed by atoms with Crippen molar-refractivity contribution in [3.05, 3.63) is 56.7 Å². The first kappa shape index (κ1) is 19.6. The van der Waals surface area contributed by atoms with Crippen molar-refractivity contribution in [2.24, 2.45) is 0 Å². The highest BCUT2D eigenvalue weighted by molar-refractivity contribution is 7.98. The first-order chi connectivity index (χ1) is 12.9. The summed E-state index contributed by atoms with van der Waals surface area (Å²) in [6.07, 6.45) is 2.66. The van der Waals surface area contributed by atoms with E-state index < -0.39 is 0 Å². The van der Waals surface area contributed by atoms with Crippen LogP contribution in [-0.2, 0) is 17.7 Å². The number of hydrogen-bond donors (Lipinski definition) is 0. The topological polar surface area (TPSA) is 61.2 Å². The molecular formula is C20H22N2O3S2. The molecule has 2 heterocycles. The molecule has 0 saturated heterocycles. The third-order valence-electron chi connectivity index (χ3n) is 4.07. The van der Waals surface area contributed by atoms with E-state index >= 15 is 0 Å². The van der Waals surface area contributed by atoms with Gasteiger partial charge in [0.1, 0.15) is 4.83 Å². The van der Waals surface area contributed by atoms with Crippen LogP contribution in [0.5, 0.6) is 0 Å². The van der Waals surface area contributed by atoms with Gasteiger partial charge in [0.05, 0.1) is 23.6 Å². The standard InChI is InChI=1S/C20H22N2O3S2/c1-5-15-10-16-17(27-15)21-20(26-4)22(18(16)23)11-13-6-8-14(9-7-13)19(24)25-12(2)3/h6-10,12H,5,11H2,1-4H3. The van der Waals surface area contributed by atoms with E-state index in [0.29, 0.717) is 22.7 Å². The Morgan fingerprint density at radius 2 is 2.00 bits per heavy atom. The Kier molecular flexibility index (Phi) is 6.01. The summed E-state index contributed by atoms with van der Waals surface area (Å²) in [7, 11) is 0. The molecule has 27 heavy (non-hydrogen) atoms. The molecular weight excluding hydrogens is 380 g/mol. The lowest BCUT2D eigenvalue weighted by Gasteiger charge is -2.11. The summed E-state index contributed by atoms with van der Waals surface area (Å²) in [5, 5.41) is 1.37. The molecule has 7 heteroatoms. The van der Waals surface area contributed by atoms with E-state index in [-0.39, 0.29) is 17.6 Å². The Morgan fingerprint density at radius 1 is 1.30 bits per heavy atom. The number of benzene rings is 1. The monoisotopic (exact) mass is 402 g/mol. The van der Waals surface area contributed by atoms with Crippen LogP contribution >= 0.6 is 23.1 Å². The number of aryl methyl sites for hydroxylation is 1. The molecule has 1 aromatic carbocycles. The van der Waals surface area contributed by atoms with Crippen LogP contribution in [0.15, 0.2) is 40.3 Å². The second kappa shape index (κ2) is 8.27. The van der Waals surface area contributed by atoms with Crippen molar-refractivity contribution >= 4 is 39.3 Å². The molecule has 0 radical (unpaired) electrons. The van der Waals surface area contributed by atoms with Gasteiger partial charge in [0.15, 0.2) is 5.16 Å². The van der Waals surface area contributed by atoms with Crippen molar-refractivity contribution in [3.63, 3.8) is 0 Å². The van der Waals surface area contributed by atoms with Crippen LogP contribution in [0.2, 0.25) is 0 Å². The predicted molar refractivity (Wildman–Crippen MR) is 111 cm³/mol. The van der Waals surface area contributed by atoms with Crippen molar-refractivity contribution in [1.29, 1.82) is 0 Å². The van der Waals surface area contributed by atoms with E-state index in [1.54, 1.807) is 28.0 Å². The van der Waals surface area contributed by atoms with Crippen LogP contribution < -0.4 is 5.56 Å². The average molecular weight is 403 g/mol. The maximum Gasteiger partial charge on any atom is 0.338 e. The molecule has 0 aliphatic heterocycles. The van der Waals surface area contributed by atoms with Gasteiger partial charge < -0.3 is 4.74 Å². The number of hydrogen-bond acceptors (Lipinski definition) is 6. The first-order valence-corrected chi connectivity index (χ1v) is 10.8. The fourth-order valence-electron chi connectivity index (χ4n) is 2.73. The summed E-state index contributed by atoms with van der Waals surface area (Å²) in [6.45, 7) is 6.12. The van der Waals surface area contributed by atoms with E-state index in [4.69, 9.17) is 4.74 Å². The zero-order valence-corrected chi connectivity index (χ0v) is 17.4. The van der Waals surface area contributed by atoms with Crippen molar-refractivity contribution < 1.29 is 9.53 Å². The number of carbonyl (C=O) groups excluding carboxylic acids is 1. The van der Waals surface area contributed by atoms with Gasteiger partial charge in [-0.3, -0.25) is 9.36 Å². The number of ether oxygens (including phenoxy) is 1. The van der Waals surface area contributed by atoms with E-state index in [1.807, 2.05) is 38.3 Å². The van der Waals surface area contributed by atoms with E-state index in [0.717, 1.165) is 21.7 Å². The van der Waals surface area contributed by atoms with Crippen molar-refractivity contribution in [2.75, 3.05) is 6.26 Å². The smallest absolute Gasteiger partial charge is 0.338 e. The molecule has 0 bridgehead atoms. The van der Waals surface area contributed by atoms with E-state index in [9.17, 15) is 9.59 Å². The Hall–Kier alpha value is -2.12. The summed E-state index contributed by atoms with van der Waals surface area (Å²) in [5.41, 5.74) is 1.41. The van der Waals surface area contributed by atoms with Gasteiger partial charge in [-0.15, -0.1) is 11.3 Å². The Morgan fingerprint density at radius 3 is 2.59 bits per heavy atom. The molecule has 0 spiro atoms. The molecule has 3 aromatic rings. The van der Waals surface area contributed by atoms with Gasteiger partial charge in [-0.25, -0.2) is 9.78 Å². The van der Waals surface area contributed by atoms with E-state index in [1.165, 1.54) is 11.8 Å². The SMILES string of the molecule is CCc1cc2c(=O)n(Cc3ccc(C(=O)OC(C)C)cc3)c(SC)nc2s1. The molecule has 0 N–H and O–H groups in total. The third kappa shape index (κ3) is 4.25. The number of thiophene rings is 1. The Labute approximate surface area is 166 Å². The van der Waals surface area contributed by atoms with Gasteiger partial charge in [-0.05, 0) is 50.3 Å². The Balaban J connectivity index is 1.93. The zero-order valence-electron chi connectivity index (χ0n) is 15.8. The number of rotatable bonds is 6. The molecule has 0 unspecified atom stereocenters. The number of fused-ring (bicyclic) bond motifs is 1. The summed E-state index contributed by atoms with van der Waals surface area (Å²) in [4.78, 5) is 31.6. The van der Waals surface area contributed by atoms with Gasteiger partial charge in [0.25, 0.3) is 5.56 Å². The van der Waals surface area contributed by atoms with Gasteiger partial charge in [0, 0.05) is 4.88 Å². The van der Waals surface area contributed by atoms with Gasteiger partial charge in [0.2, 0.25) is 0 Å². The molecule has 0 atom stereocenters. The van der Waals surface area contributed by atoms with Crippen LogP contribution in [0.3, 0.4) is 0 Å². The molecule has 2 aromatic heterocycles. The van der Waals surface area contributed by atoms with Crippen LogP contribution in [0.1, 0.15) is 41.6 Å². The summed E-state index contributed by atoms with van der Waals surface area (Å²) in [6, 6.07) is 9.11. The van der Waals surface area contributed by atoms with Crippen LogP contribution in [0.4, 0.5) is 0 Å². The van der Waals surface area contributed by atoms with Gasteiger partial charge in [-0.2, -0.15) is 0 Å². The van der Waals surface area contributed by atoms with Crippen molar-refractivity contribution in [1.82, 2.24) is 9.55 Å². The maximum atomic E-state index is 13.0. The number of esters is 1. The highest BCUT2D eigenvalue weighted by Crippen LogP contribution is 2.24. The molecule has 0 aliphatic rings. The minimum atomic E-state index is -0.341. The second-order valence-electron chi connectivity index (χ2n) is 6.43. The van der Waals surface area contributed by atoms with Gasteiger partial charge in [-0.1, -0.05) is 30.8 Å². The van der Waals surface area contributed by atoms with E-state index in [2.05, 4.69) is 11.9 Å². The van der Waals surface area contributed by atoms with Crippen LogP contribution in [-0.4, -0.2) is 27.9 Å². The lowest BCUT2D eigenvalue weighted by Crippen LogP contribution is -2.23. The largest absolute Gasteiger partial charge is 0.459 e. The minimum Gasteiger partial charge on any atom is -0.459 e. The fourth-order valence-corrected chi connectivity index (χ4v) is 4.29. The fraction of sp³-hybridized carbons (Fsp3) is 0.350. The molecule has 142 valence electrons. The molecule has 0 saturated carbocycles. The highest BCUT2D eigenvalue weighted by atomic mass is 32.2. The maximum absolute atomic E-state index is 13.0. The number of nitrogens with zero attached hydrogens (tertiary/aromatic N) is 2. The predicted octanol–water partition coefficient (Wildman–Crippen LogP) is 4.36. The molecule has 3 rings (SSSR count). The average Bonchev–Trinajstić information content (AvgIpc) is 3.07. The summed E-state index contributed by atoms with van der Waals surface area (Å²) >= 11 is 3.04. The van der Waals surface area contributed by atoms with Crippen LogP contribution in [0, 0.1) is 0 Å².